The molecule has 0 radical (unpaired) electrons. The molecule has 6 nitrogen and oxygen atoms in total. The van der Waals surface area contributed by atoms with E-state index in [4.69, 9.17) is 17.2 Å². The molecule has 7 N–H and O–H groups in total. The van der Waals surface area contributed by atoms with Crippen molar-refractivity contribution >= 4 is 34.2 Å². The summed E-state index contributed by atoms with van der Waals surface area (Å²) in [6.07, 6.45) is 3.02. The number of carbonyl (C=O) groups excluding carboxylic acids is 1. The van der Waals surface area contributed by atoms with Crippen molar-refractivity contribution in [2.75, 3.05) is 16.8 Å². The normalized spacial score (nSPS) is 15.6. The van der Waals surface area contributed by atoms with Gasteiger partial charge in [0, 0.05) is 23.1 Å². The van der Waals surface area contributed by atoms with E-state index in [1.807, 2.05) is 38.1 Å². The van der Waals surface area contributed by atoms with E-state index in [2.05, 4.69) is 10.3 Å². The van der Waals surface area contributed by atoms with Gasteiger partial charge in [0.1, 0.15) is 0 Å². The maximum absolute atomic E-state index is 12.3. The summed E-state index contributed by atoms with van der Waals surface area (Å²) in [5.74, 6) is -0.204. The summed E-state index contributed by atoms with van der Waals surface area (Å²) in [6, 6.07) is 11.0. The number of ketones is 1. The molecule has 1 aliphatic carbocycles. The van der Waals surface area contributed by atoms with Crippen LogP contribution < -0.4 is 22.5 Å². The van der Waals surface area contributed by atoms with E-state index in [1.54, 1.807) is 18.2 Å². The van der Waals surface area contributed by atoms with Crippen LogP contribution in [0.25, 0.3) is 0 Å². The van der Waals surface area contributed by atoms with Gasteiger partial charge in [-0.05, 0) is 67.4 Å². The van der Waals surface area contributed by atoms with E-state index in [1.165, 1.54) is 6.08 Å². The summed E-state index contributed by atoms with van der Waals surface area (Å²) in [7, 11) is 0. The molecule has 0 fully saturated rings. The maximum atomic E-state index is 12.3. The van der Waals surface area contributed by atoms with E-state index in [0.717, 1.165) is 22.5 Å². The fourth-order valence-corrected chi connectivity index (χ4v) is 2.56. The van der Waals surface area contributed by atoms with Crippen LogP contribution in [0.4, 0.5) is 22.7 Å². The average molecular weight is 347 g/mol. The molecule has 26 heavy (non-hydrogen) atoms. The van der Waals surface area contributed by atoms with Gasteiger partial charge in [-0.15, -0.1) is 0 Å². The number of allylic oxidation sites excluding steroid dienone is 2. The topological polar surface area (TPSA) is 120 Å². The highest BCUT2D eigenvalue weighted by Crippen LogP contribution is 2.23. The number of nitrogen functional groups attached to an aromatic ring is 2. The molecule has 0 amide bonds. The standard InChI is InChI=1S/C20H21N5O/c1-11-7-13(3-5-15(11)21)24-18-10-19(20(26)9-17(18)23)25-14-4-6-16(22)12(2)8-14/h3-10,25H,21-23H2,1-2H3/b24-18-. The third-order valence-corrected chi connectivity index (χ3v) is 4.18. The third kappa shape index (κ3) is 3.59. The Kier molecular flexibility index (Phi) is 4.49. The highest BCUT2D eigenvalue weighted by atomic mass is 16.1. The molecule has 0 aliphatic heterocycles. The number of hydrogen-bond donors (Lipinski definition) is 4. The van der Waals surface area contributed by atoms with E-state index in [9.17, 15) is 4.79 Å². The Morgan fingerprint density at radius 2 is 1.54 bits per heavy atom. The van der Waals surface area contributed by atoms with Gasteiger partial charge in [-0.2, -0.15) is 0 Å². The minimum absolute atomic E-state index is 0.204. The van der Waals surface area contributed by atoms with Crippen LogP contribution in [0.2, 0.25) is 0 Å². The van der Waals surface area contributed by atoms with Gasteiger partial charge >= 0.3 is 0 Å². The zero-order valence-corrected chi connectivity index (χ0v) is 14.7. The van der Waals surface area contributed by atoms with Gasteiger partial charge in [-0.1, -0.05) is 0 Å². The van der Waals surface area contributed by atoms with Gasteiger partial charge in [-0.25, -0.2) is 4.99 Å². The molecule has 0 atom stereocenters. The van der Waals surface area contributed by atoms with Crippen molar-refractivity contribution in [3.05, 3.63) is 71.1 Å². The Morgan fingerprint density at radius 1 is 0.885 bits per heavy atom. The number of benzene rings is 2. The monoisotopic (exact) mass is 347 g/mol. The number of rotatable bonds is 3. The minimum atomic E-state index is -0.204. The molecule has 0 heterocycles. The summed E-state index contributed by atoms with van der Waals surface area (Å²) in [5.41, 5.74) is 23.6. The summed E-state index contributed by atoms with van der Waals surface area (Å²) >= 11 is 0. The van der Waals surface area contributed by atoms with Crippen LogP contribution in [0.1, 0.15) is 11.1 Å². The molecule has 2 aromatic carbocycles. The van der Waals surface area contributed by atoms with Crippen molar-refractivity contribution < 1.29 is 4.79 Å². The Morgan fingerprint density at radius 3 is 2.19 bits per heavy atom. The number of hydrogen-bond acceptors (Lipinski definition) is 6. The molecule has 132 valence electrons. The van der Waals surface area contributed by atoms with Gasteiger partial charge < -0.3 is 22.5 Å². The first-order valence-electron chi connectivity index (χ1n) is 8.15. The number of anilines is 3. The number of nitrogens with zero attached hydrogens (tertiary/aromatic N) is 1. The van der Waals surface area contributed by atoms with Crippen molar-refractivity contribution in [3.8, 4) is 0 Å². The van der Waals surface area contributed by atoms with Crippen LogP contribution in [0.15, 0.2) is 64.9 Å². The lowest BCUT2D eigenvalue weighted by Gasteiger charge is -2.15. The van der Waals surface area contributed by atoms with Crippen LogP contribution in [0.3, 0.4) is 0 Å². The predicted molar refractivity (Wildman–Crippen MR) is 107 cm³/mol. The summed E-state index contributed by atoms with van der Waals surface area (Å²) in [6.45, 7) is 3.82. The molecular formula is C20H21N5O. The molecule has 0 bridgehead atoms. The molecule has 0 saturated heterocycles. The smallest absolute Gasteiger partial charge is 0.204 e. The molecule has 6 heteroatoms. The fraction of sp³-hybridized carbons (Fsp3) is 0.100. The number of carbonyl (C=O) groups is 1. The first-order chi connectivity index (χ1) is 12.3. The van der Waals surface area contributed by atoms with Crippen LogP contribution >= 0.6 is 0 Å². The Balaban J connectivity index is 1.93. The summed E-state index contributed by atoms with van der Waals surface area (Å²) in [4.78, 5) is 16.8. The quantitative estimate of drug-likeness (QED) is 0.503. The van der Waals surface area contributed by atoms with Crippen LogP contribution in [-0.4, -0.2) is 11.5 Å². The second-order valence-electron chi connectivity index (χ2n) is 6.26. The second-order valence-corrected chi connectivity index (χ2v) is 6.26. The van der Waals surface area contributed by atoms with Crippen molar-refractivity contribution in [2.45, 2.75) is 13.8 Å². The van der Waals surface area contributed by atoms with Crippen LogP contribution in [0, 0.1) is 13.8 Å². The molecule has 3 rings (SSSR count). The van der Waals surface area contributed by atoms with Gasteiger partial charge in [0.2, 0.25) is 5.78 Å². The van der Waals surface area contributed by atoms with Crippen molar-refractivity contribution in [2.24, 2.45) is 10.7 Å². The van der Waals surface area contributed by atoms with Gasteiger partial charge in [-0.3, -0.25) is 4.79 Å². The molecular weight excluding hydrogens is 326 g/mol. The maximum Gasteiger partial charge on any atom is 0.204 e. The first-order valence-corrected chi connectivity index (χ1v) is 8.15. The zero-order chi connectivity index (χ0) is 18.8. The lowest BCUT2D eigenvalue weighted by Crippen LogP contribution is -2.22. The van der Waals surface area contributed by atoms with Crippen LogP contribution in [0.5, 0.6) is 0 Å². The van der Waals surface area contributed by atoms with E-state index >= 15 is 0 Å². The third-order valence-electron chi connectivity index (χ3n) is 4.18. The largest absolute Gasteiger partial charge is 0.399 e. The van der Waals surface area contributed by atoms with Gasteiger partial charge in [0.25, 0.3) is 0 Å². The van der Waals surface area contributed by atoms with E-state index < -0.39 is 0 Å². The lowest BCUT2D eigenvalue weighted by molar-refractivity contribution is -0.111. The average Bonchev–Trinajstić information content (AvgIpc) is 2.58. The number of nitrogens with one attached hydrogen (secondary N) is 1. The first kappa shape index (κ1) is 17.3. The second kappa shape index (κ2) is 6.76. The number of nitrogens with two attached hydrogens (primary N) is 3. The molecule has 0 spiro atoms. The van der Waals surface area contributed by atoms with Crippen molar-refractivity contribution in [3.63, 3.8) is 0 Å². The Hall–Kier alpha value is -3.54. The van der Waals surface area contributed by atoms with Gasteiger partial charge in [0.05, 0.1) is 22.8 Å². The Labute approximate surface area is 152 Å². The van der Waals surface area contributed by atoms with Gasteiger partial charge in [0.15, 0.2) is 0 Å². The lowest BCUT2D eigenvalue weighted by atomic mass is 10.0. The molecule has 2 aromatic rings. The minimum Gasteiger partial charge on any atom is -0.399 e. The fourth-order valence-electron chi connectivity index (χ4n) is 2.56. The van der Waals surface area contributed by atoms with Crippen molar-refractivity contribution in [1.29, 1.82) is 0 Å². The SMILES string of the molecule is Cc1cc(/N=C2/C=C(Nc3ccc(N)c(C)c3)C(=O)C=C2N)ccc1N. The summed E-state index contributed by atoms with van der Waals surface area (Å²) in [5, 5.41) is 3.11. The molecule has 1 aliphatic rings. The highest BCUT2D eigenvalue weighted by Gasteiger charge is 2.17. The summed E-state index contributed by atoms with van der Waals surface area (Å²) < 4.78 is 0. The molecule has 0 aromatic heterocycles. The molecule has 0 saturated carbocycles. The zero-order valence-electron chi connectivity index (χ0n) is 14.7. The van der Waals surface area contributed by atoms with Crippen molar-refractivity contribution in [1.82, 2.24) is 0 Å². The van der Waals surface area contributed by atoms with Crippen LogP contribution in [-0.2, 0) is 4.79 Å². The van der Waals surface area contributed by atoms with E-state index in [0.29, 0.717) is 28.5 Å². The number of aryl methyl sites for hydroxylation is 2. The highest BCUT2D eigenvalue weighted by molar-refractivity contribution is 6.23. The Bertz CT molecular complexity index is 986. The van der Waals surface area contributed by atoms with E-state index in [-0.39, 0.29) is 5.78 Å². The predicted octanol–water partition coefficient (Wildman–Crippen LogP) is 2.96. The molecule has 0 unspecified atom stereocenters. The number of aliphatic imine (C=N–C) groups is 1.